The Morgan fingerprint density at radius 2 is 1.74 bits per heavy atom. The number of hydrogen-bond donors (Lipinski definition) is 1. The molecule has 0 spiro atoms. The molecule has 0 atom stereocenters. The number of benzene rings is 1. The summed E-state index contributed by atoms with van der Waals surface area (Å²) in [4.78, 5) is 10.1. The van der Waals surface area contributed by atoms with Crippen molar-refractivity contribution in [3.8, 4) is 5.75 Å². The van der Waals surface area contributed by atoms with Gasteiger partial charge in [0.25, 0.3) is 0 Å². The maximum atomic E-state index is 5.90. The predicted octanol–water partition coefficient (Wildman–Crippen LogP) is 5.73. The summed E-state index contributed by atoms with van der Waals surface area (Å²) in [7, 11) is 0. The maximum absolute atomic E-state index is 5.90. The first-order valence-electron chi connectivity index (χ1n) is 7.65. The van der Waals surface area contributed by atoms with Crippen molar-refractivity contribution in [3.05, 3.63) is 48.1 Å². The molecule has 5 nitrogen and oxygen atoms in total. The van der Waals surface area contributed by atoms with E-state index in [4.69, 9.17) is 74.3 Å². The molecule has 27 heavy (non-hydrogen) atoms. The van der Waals surface area contributed by atoms with Crippen molar-refractivity contribution in [2.24, 2.45) is 9.98 Å². The number of amidine groups is 2. The lowest BCUT2D eigenvalue weighted by molar-refractivity contribution is 0.440. The number of hydrogen-bond acceptors (Lipinski definition) is 5. The summed E-state index contributed by atoms with van der Waals surface area (Å²) in [6.45, 7) is 2.72. The third-order valence-corrected chi connectivity index (χ3v) is 4.59. The minimum Gasteiger partial charge on any atom is -0.439 e. The van der Waals surface area contributed by atoms with E-state index in [9.17, 15) is 0 Å². The first-order chi connectivity index (χ1) is 12.6. The number of halogens is 6. The molecule has 0 bridgehead atoms. The molecular formula is C16H12Cl6N4O. The van der Waals surface area contributed by atoms with Gasteiger partial charge in [-0.25, -0.2) is 9.98 Å². The molecule has 2 heterocycles. The van der Waals surface area contributed by atoms with Gasteiger partial charge in [-0.15, -0.1) is 0 Å². The Kier molecular flexibility index (Phi) is 6.11. The summed E-state index contributed by atoms with van der Waals surface area (Å²) in [5.74, 6) is 1.48. The van der Waals surface area contributed by atoms with Crippen LogP contribution >= 0.6 is 69.6 Å². The van der Waals surface area contributed by atoms with Crippen molar-refractivity contribution in [1.82, 2.24) is 5.32 Å². The highest BCUT2D eigenvalue weighted by Gasteiger charge is 2.37. The number of nitrogens with one attached hydrogen (secondary N) is 1. The van der Waals surface area contributed by atoms with Crippen LogP contribution < -0.4 is 15.0 Å². The van der Waals surface area contributed by atoms with Gasteiger partial charge in [-0.1, -0.05) is 81.7 Å². The van der Waals surface area contributed by atoms with Crippen molar-refractivity contribution in [2.75, 3.05) is 11.4 Å². The second-order valence-electron chi connectivity index (χ2n) is 5.39. The van der Waals surface area contributed by atoms with E-state index in [1.807, 2.05) is 36.1 Å². The van der Waals surface area contributed by atoms with Gasteiger partial charge in [0.2, 0.25) is 13.5 Å². The number of para-hydroxylation sites is 2. The van der Waals surface area contributed by atoms with E-state index in [-0.39, 0.29) is 17.5 Å². The number of rotatable bonds is 2. The second kappa shape index (κ2) is 7.90. The average Bonchev–Trinajstić information content (AvgIpc) is 2.95. The smallest absolute Gasteiger partial charge is 0.250 e. The molecule has 0 unspecified atom stereocenters. The van der Waals surface area contributed by atoms with Gasteiger partial charge >= 0.3 is 0 Å². The van der Waals surface area contributed by atoms with Gasteiger partial charge in [0.1, 0.15) is 5.82 Å². The monoisotopic (exact) mass is 486 g/mol. The minimum absolute atomic E-state index is 0.0311. The van der Waals surface area contributed by atoms with Gasteiger partial charge in [0.15, 0.2) is 17.4 Å². The summed E-state index contributed by atoms with van der Waals surface area (Å²) in [5.41, 5.74) is 0.968. The summed E-state index contributed by atoms with van der Waals surface area (Å²) >= 11 is 35.4. The highest BCUT2D eigenvalue weighted by molar-refractivity contribution is 6.79. The lowest BCUT2D eigenvalue weighted by atomic mass is 10.3. The Morgan fingerprint density at radius 3 is 2.37 bits per heavy atom. The third kappa shape index (κ3) is 4.78. The fourth-order valence-corrected chi connectivity index (χ4v) is 2.94. The molecule has 0 fully saturated rings. The number of allylic oxidation sites excluding steroid dienone is 2. The number of aliphatic imine (C=N–C) groups is 2. The van der Waals surface area contributed by atoms with E-state index in [2.05, 4.69) is 15.3 Å². The van der Waals surface area contributed by atoms with Crippen LogP contribution in [-0.4, -0.2) is 25.8 Å². The summed E-state index contributed by atoms with van der Waals surface area (Å²) in [5, 5.41) is 2.81. The minimum atomic E-state index is -1.88. The standard InChI is InChI=1S/C16H12Cl6N4O/c1-2-26-9-5-3-4-6-10(9)27-12(26)8-7-11-23-13(15(17,18)19)25-14(24-11)16(20,21)22/h3-8H,2H2,1H3,(H,23,24,25)/b12-8+. The lowest BCUT2D eigenvalue weighted by Gasteiger charge is -2.23. The van der Waals surface area contributed by atoms with Gasteiger partial charge in [0.05, 0.1) is 5.69 Å². The van der Waals surface area contributed by atoms with E-state index in [0.29, 0.717) is 12.4 Å². The Morgan fingerprint density at radius 1 is 1.04 bits per heavy atom. The van der Waals surface area contributed by atoms with E-state index in [1.54, 1.807) is 12.2 Å². The van der Waals surface area contributed by atoms with Crippen molar-refractivity contribution in [2.45, 2.75) is 14.5 Å². The fourth-order valence-electron chi connectivity index (χ4n) is 2.42. The average molecular weight is 489 g/mol. The molecule has 0 radical (unpaired) electrons. The molecule has 1 aromatic rings. The first kappa shape index (κ1) is 20.9. The van der Waals surface area contributed by atoms with Crippen LogP contribution in [0, 0.1) is 0 Å². The molecule has 0 saturated carbocycles. The number of alkyl halides is 6. The highest BCUT2D eigenvalue weighted by Crippen LogP contribution is 2.38. The molecule has 1 N–H and O–H groups in total. The normalized spacial score (nSPS) is 20.2. The Balaban J connectivity index is 1.94. The Bertz CT molecular complexity index is 866. The number of anilines is 1. The zero-order valence-corrected chi connectivity index (χ0v) is 18.2. The van der Waals surface area contributed by atoms with E-state index in [0.717, 1.165) is 11.4 Å². The van der Waals surface area contributed by atoms with Crippen molar-refractivity contribution in [1.29, 1.82) is 0 Å². The van der Waals surface area contributed by atoms with Crippen LogP contribution in [0.3, 0.4) is 0 Å². The number of nitrogens with zero attached hydrogens (tertiary/aromatic N) is 3. The number of fused-ring (bicyclic) bond motifs is 1. The topological polar surface area (TPSA) is 49.2 Å². The molecule has 144 valence electrons. The van der Waals surface area contributed by atoms with Crippen LogP contribution in [0.2, 0.25) is 0 Å². The molecule has 0 amide bonds. The zero-order chi connectivity index (χ0) is 19.8. The van der Waals surface area contributed by atoms with Crippen molar-refractivity contribution >= 4 is 87.0 Å². The summed E-state index contributed by atoms with van der Waals surface area (Å²) in [6, 6.07) is 7.70. The summed E-state index contributed by atoms with van der Waals surface area (Å²) < 4.78 is 2.14. The van der Waals surface area contributed by atoms with Crippen LogP contribution in [0.1, 0.15) is 6.92 Å². The third-order valence-electron chi connectivity index (χ3n) is 3.55. The molecular weight excluding hydrogens is 477 g/mol. The molecule has 0 aliphatic carbocycles. The van der Waals surface area contributed by atoms with E-state index >= 15 is 0 Å². The number of ether oxygens (including phenoxy) is 1. The zero-order valence-electron chi connectivity index (χ0n) is 13.7. The predicted molar refractivity (Wildman–Crippen MR) is 115 cm³/mol. The fraction of sp³-hybridized carbons (Fsp3) is 0.250. The van der Waals surface area contributed by atoms with Gasteiger partial charge < -0.3 is 15.0 Å². The van der Waals surface area contributed by atoms with Crippen molar-refractivity contribution in [3.63, 3.8) is 0 Å². The molecule has 0 saturated heterocycles. The van der Waals surface area contributed by atoms with Crippen LogP contribution in [0.4, 0.5) is 5.69 Å². The molecule has 11 heteroatoms. The summed E-state index contributed by atoms with van der Waals surface area (Å²) in [6.07, 6.45) is 3.33. The molecule has 1 aromatic carbocycles. The van der Waals surface area contributed by atoms with Crippen LogP contribution in [-0.2, 0) is 0 Å². The quantitative estimate of drug-likeness (QED) is 0.541. The van der Waals surface area contributed by atoms with Crippen LogP contribution in [0.25, 0.3) is 0 Å². The molecule has 0 aromatic heterocycles. The maximum Gasteiger partial charge on any atom is 0.250 e. The van der Waals surface area contributed by atoms with Crippen molar-refractivity contribution < 1.29 is 4.74 Å². The lowest BCUT2D eigenvalue weighted by Crippen LogP contribution is -2.39. The molecule has 2 aliphatic rings. The Hall–Kier alpha value is -0.820. The second-order valence-corrected chi connectivity index (χ2v) is 9.95. The van der Waals surface area contributed by atoms with Gasteiger partial charge in [-0.2, -0.15) is 0 Å². The Labute approximate surface area is 186 Å². The van der Waals surface area contributed by atoms with Gasteiger partial charge in [0, 0.05) is 12.6 Å². The van der Waals surface area contributed by atoms with E-state index < -0.39 is 7.59 Å². The van der Waals surface area contributed by atoms with E-state index in [1.165, 1.54) is 0 Å². The largest absolute Gasteiger partial charge is 0.439 e. The van der Waals surface area contributed by atoms with Crippen LogP contribution in [0.5, 0.6) is 5.75 Å². The van der Waals surface area contributed by atoms with Crippen LogP contribution in [0.15, 0.2) is 58.1 Å². The molecule has 3 rings (SSSR count). The first-order valence-corrected chi connectivity index (χ1v) is 9.91. The highest BCUT2D eigenvalue weighted by atomic mass is 35.6. The SMILES string of the molecule is CCN1/C(=C\C=C2/N=C(C(Cl)(Cl)Cl)N=C(C(Cl)(Cl)Cl)N2)Oc2ccccc21. The van der Waals surface area contributed by atoms with Gasteiger partial charge in [-0.05, 0) is 25.1 Å². The van der Waals surface area contributed by atoms with Gasteiger partial charge in [-0.3, -0.25) is 0 Å². The molecule has 2 aliphatic heterocycles.